The molecule has 2 unspecified atom stereocenters. The molecule has 22 heavy (non-hydrogen) atoms. The third-order valence-corrected chi connectivity index (χ3v) is 4.39. The van der Waals surface area contributed by atoms with Gasteiger partial charge < -0.3 is 10.0 Å². The van der Waals surface area contributed by atoms with Crippen LogP contribution in [0.4, 0.5) is 5.82 Å². The first-order chi connectivity index (χ1) is 9.98. The Bertz CT molecular complexity index is 496. The van der Waals surface area contributed by atoms with Gasteiger partial charge in [-0.25, -0.2) is 9.97 Å². The summed E-state index contributed by atoms with van der Waals surface area (Å²) in [6.07, 6.45) is 0.723. The Labute approximate surface area is 135 Å². The van der Waals surface area contributed by atoms with Gasteiger partial charge in [0.2, 0.25) is 0 Å². The molecular formula is C18H31N3O. The zero-order valence-corrected chi connectivity index (χ0v) is 15.1. The van der Waals surface area contributed by atoms with Crippen LogP contribution in [0.5, 0.6) is 0 Å². The average Bonchev–Trinajstić information content (AvgIpc) is 2.39. The number of anilines is 1. The molecule has 0 aliphatic carbocycles. The Balaban J connectivity index is 2.42. The van der Waals surface area contributed by atoms with Gasteiger partial charge in [-0.15, -0.1) is 0 Å². The summed E-state index contributed by atoms with van der Waals surface area (Å²) in [7, 11) is 0. The molecule has 0 spiro atoms. The molecule has 0 aromatic carbocycles. The van der Waals surface area contributed by atoms with E-state index in [9.17, 15) is 5.11 Å². The molecule has 4 heteroatoms. The molecule has 0 bridgehead atoms. The van der Waals surface area contributed by atoms with Gasteiger partial charge >= 0.3 is 0 Å². The molecule has 1 aliphatic rings. The largest absolute Gasteiger partial charge is 0.391 e. The molecule has 2 heterocycles. The van der Waals surface area contributed by atoms with Gasteiger partial charge in [0.05, 0.1) is 11.8 Å². The van der Waals surface area contributed by atoms with Gasteiger partial charge in [0.15, 0.2) is 0 Å². The van der Waals surface area contributed by atoms with E-state index < -0.39 is 0 Å². The van der Waals surface area contributed by atoms with Crippen molar-refractivity contribution in [3.63, 3.8) is 0 Å². The van der Waals surface area contributed by atoms with Gasteiger partial charge in [0.25, 0.3) is 0 Å². The summed E-state index contributed by atoms with van der Waals surface area (Å²) in [6, 6.07) is 2.10. The van der Waals surface area contributed by atoms with Crippen LogP contribution in [0, 0.1) is 5.92 Å². The van der Waals surface area contributed by atoms with Crippen LogP contribution < -0.4 is 4.90 Å². The minimum atomic E-state index is -0.278. The lowest BCUT2D eigenvalue weighted by molar-refractivity contribution is 0.102. The number of hydrogen-bond donors (Lipinski definition) is 1. The summed E-state index contributed by atoms with van der Waals surface area (Å²) >= 11 is 0. The fourth-order valence-electron chi connectivity index (χ4n) is 2.57. The van der Waals surface area contributed by atoms with E-state index >= 15 is 0 Å². The highest BCUT2D eigenvalue weighted by molar-refractivity contribution is 5.43. The summed E-state index contributed by atoms with van der Waals surface area (Å²) in [6.45, 7) is 16.7. The van der Waals surface area contributed by atoms with E-state index in [1.165, 1.54) is 0 Å². The van der Waals surface area contributed by atoms with Crippen LogP contribution in [0.2, 0.25) is 0 Å². The zero-order chi connectivity index (χ0) is 16.7. The van der Waals surface area contributed by atoms with Gasteiger partial charge in [-0.2, -0.15) is 0 Å². The number of aromatic nitrogens is 2. The third kappa shape index (κ3) is 3.78. The van der Waals surface area contributed by atoms with E-state index in [4.69, 9.17) is 9.97 Å². The first-order valence-electron chi connectivity index (χ1n) is 8.31. The number of piperidine rings is 1. The van der Waals surface area contributed by atoms with Crippen molar-refractivity contribution in [2.75, 3.05) is 18.0 Å². The van der Waals surface area contributed by atoms with E-state index in [0.29, 0.717) is 12.5 Å². The van der Waals surface area contributed by atoms with Crippen molar-refractivity contribution in [1.29, 1.82) is 0 Å². The maximum atomic E-state index is 10.2. The summed E-state index contributed by atoms with van der Waals surface area (Å²) in [5, 5.41) is 10.2. The fourth-order valence-corrected chi connectivity index (χ4v) is 2.57. The van der Waals surface area contributed by atoms with Gasteiger partial charge in [0, 0.05) is 30.0 Å². The van der Waals surface area contributed by atoms with Crippen molar-refractivity contribution in [3.05, 3.63) is 17.6 Å². The second-order valence-electron chi connectivity index (χ2n) is 8.71. The molecule has 1 aliphatic heterocycles. The predicted octanol–water partition coefficient (Wildman–Crippen LogP) is 3.28. The Kier molecular flexibility index (Phi) is 4.54. The summed E-state index contributed by atoms with van der Waals surface area (Å²) in [5.41, 5.74) is 0.965. The Morgan fingerprint density at radius 2 is 1.73 bits per heavy atom. The smallest absolute Gasteiger partial charge is 0.136 e. The SMILES string of the molecule is CC1CCN(c2cc(C(C)(C)C)nc(C(C)(C)C)n2)CC1O. The first kappa shape index (κ1) is 17.2. The van der Waals surface area contributed by atoms with E-state index in [1.54, 1.807) is 0 Å². The standard InChI is InChI=1S/C18H31N3O/c1-12-8-9-21(11-13(12)22)15-10-14(17(2,3)4)19-16(20-15)18(5,6)7/h10,12-13,22H,8-9,11H2,1-7H3. The highest BCUT2D eigenvalue weighted by atomic mass is 16.3. The van der Waals surface area contributed by atoms with Crippen LogP contribution in [0.1, 0.15) is 66.4 Å². The second kappa shape index (κ2) is 5.80. The molecule has 1 saturated heterocycles. The molecule has 0 saturated carbocycles. The number of rotatable bonds is 1. The van der Waals surface area contributed by atoms with Crippen LogP contribution >= 0.6 is 0 Å². The Morgan fingerprint density at radius 1 is 1.09 bits per heavy atom. The van der Waals surface area contributed by atoms with Crippen LogP contribution in [-0.4, -0.2) is 34.3 Å². The van der Waals surface area contributed by atoms with Crippen molar-refractivity contribution >= 4 is 5.82 Å². The highest BCUT2D eigenvalue weighted by Gasteiger charge is 2.28. The van der Waals surface area contributed by atoms with Gasteiger partial charge in [-0.3, -0.25) is 0 Å². The number of β-amino-alcohol motifs (C(OH)–C–C–N with tert-alkyl or cyclic N) is 1. The molecule has 1 aromatic heterocycles. The van der Waals surface area contributed by atoms with E-state index in [0.717, 1.165) is 30.3 Å². The molecular weight excluding hydrogens is 274 g/mol. The first-order valence-corrected chi connectivity index (χ1v) is 8.31. The molecule has 4 nitrogen and oxygen atoms in total. The van der Waals surface area contributed by atoms with Crippen molar-refractivity contribution in [2.45, 2.75) is 71.8 Å². The van der Waals surface area contributed by atoms with Gasteiger partial charge in [-0.1, -0.05) is 48.5 Å². The lowest BCUT2D eigenvalue weighted by atomic mass is 9.89. The van der Waals surface area contributed by atoms with E-state index in [2.05, 4.69) is 59.4 Å². The highest BCUT2D eigenvalue weighted by Crippen LogP contribution is 2.29. The van der Waals surface area contributed by atoms with Crippen LogP contribution in [0.25, 0.3) is 0 Å². The number of aliphatic hydroxyl groups excluding tert-OH is 1. The monoisotopic (exact) mass is 305 g/mol. The maximum Gasteiger partial charge on any atom is 0.136 e. The summed E-state index contributed by atoms with van der Waals surface area (Å²) in [5.74, 6) is 2.20. The average molecular weight is 305 g/mol. The molecule has 0 radical (unpaired) electrons. The predicted molar refractivity (Wildman–Crippen MR) is 91.4 cm³/mol. The van der Waals surface area contributed by atoms with E-state index in [-0.39, 0.29) is 16.9 Å². The minimum Gasteiger partial charge on any atom is -0.391 e. The summed E-state index contributed by atoms with van der Waals surface area (Å²) < 4.78 is 0. The van der Waals surface area contributed by atoms with Crippen molar-refractivity contribution in [3.8, 4) is 0 Å². The van der Waals surface area contributed by atoms with Crippen molar-refractivity contribution < 1.29 is 5.11 Å². The second-order valence-corrected chi connectivity index (χ2v) is 8.71. The maximum absolute atomic E-state index is 10.2. The molecule has 1 N–H and O–H groups in total. The van der Waals surface area contributed by atoms with Gasteiger partial charge in [0.1, 0.15) is 11.6 Å². The lowest BCUT2D eigenvalue weighted by Gasteiger charge is -2.36. The minimum absolute atomic E-state index is 0.0145. The normalized spacial score (nSPS) is 23.7. The fraction of sp³-hybridized carbons (Fsp3) is 0.778. The van der Waals surface area contributed by atoms with Crippen molar-refractivity contribution in [1.82, 2.24) is 9.97 Å². The third-order valence-electron chi connectivity index (χ3n) is 4.39. The van der Waals surface area contributed by atoms with E-state index in [1.807, 2.05) is 0 Å². The summed E-state index contributed by atoms with van der Waals surface area (Å²) in [4.78, 5) is 11.8. The zero-order valence-electron chi connectivity index (χ0n) is 15.1. The molecule has 1 fully saturated rings. The number of hydrogen-bond acceptors (Lipinski definition) is 4. The topological polar surface area (TPSA) is 49.2 Å². The number of aliphatic hydroxyl groups is 1. The van der Waals surface area contributed by atoms with Gasteiger partial charge in [-0.05, 0) is 12.3 Å². The molecule has 1 aromatic rings. The van der Waals surface area contributed by atoms with Crippen LogP contribution in [0.3, 0.4) is 0 Å². The van der Waals surface area contributed by atoms with Crippen molar-refractivity contribution in [2.24, 2.45) is 5.92 Å². The Hall–Kier alpha value is -1.16. The van der Waals surface area contributed by atoms with Crippen LogP contribution in [-0.2, 0) is 10.8 Å². The lowest BCUT2D eigenvalue weighted by Crippen LogP contribution is -2.43. The molecule has 124 valence electrons. The molecule has 2 atom stereocenters. The quantitative estimate of drug-likeness (QED) is 0.865. The Morgan fingerprint density at radius 3 is 2.23 bits per heavy atom. The number of nitrogens with zero attached hydrogens (tertiary/aromatic N) is 3. The molecule has 2 rings (SSSR count). The van der Waals surface area contributed by atoms with Crippen LogP contribution in [0.15, 0.2) is 6.07 Å². The molecule has 0 amide bonds.